The second kappa shape index (κ2) is 7.67. The van der Waals surface area contributed by atoms with E-state index in [1.165, 1.54) is 9.75 Å². The van der Waals surface area contributed by atoms with Crippen LogP contribution in [0.4, 0.5) is 0 Å². The van der Waals surface area contributed by atoms with Gasteiger partial charge in [-0.1, -0.05) is 11.3 Å². The SMILES string of the molecule is Cc1ccc(CN2CCN(C)[C@H](c3nnn4cc(-c5ccncc5)ccc34)C2)s1. The number of thiophene rings is 1. The smallest absolute Gasteiger partial charge is 0.109 e. The van der Waals surface area contributed by atoms with Crippen LogP contribution in [0.2, 0.25) is 0 Å². The molecule has 148 valence electrons. The maximum absolute atomic E-state index is 4.58. The molecule has 0 unspecified atom stereocenters. The Morgan fingerprint density at radius 3 is 2.69 bits per heavy atom. The lowest BCUT2D eigenvalue weighted by Crippen LogP contribution is -2.46. The Kier molecular flexibility index (Phi) is 4.87. The van der Waals surface area contributed by atoms with E-state index in [1.54, 1.807) is 0 Å². The van der Waals surface area contributed by atoms with Gasteiger partial charge in [0.25, 0.3) is 0 Å². The quantitative estimate of drug-likeness (QED) is 0.520. The van der Waals surface area contributed by atoms with Crippen LogP contribution in [-0.2, 0) is 6.54 Å². The molecule has 1 saturated heterocycles. The van der Waals surface area contributed by atoms with Gasteiger partial charge in [0.15, 0.2) is 0 Å². The van der Waals surface area contributed by atoms with Crippen molar-refractivity contribution in [1.29, 1.82) is 0 Å². The molecule has 0 aliphatic carbocycles. The van der Waals surface area contributed by atoms with Crippen molar-refractivity contribution in [3.8, 4) is 11.1 Å². The van der Waals surface area contributed by atoms with Crippen molar-refractivity contribution in [1.82, 2.24) is 29.6 Å². The molecule has 0 saturated carbocycles. The number of aromatic nitrogens is 4. The third-order valence-corrected chi connectivity index (χ3v) is 6.66. The van der Waals surface area contributed by atoms with Crippen LogP contribution in [0.1, 0.15) is 21.5 Å². The number of aryl methyl sites for hydroxylation is 1. The number of nitrogens with zero attached hydrogens (tertiary/aromatic N) is 6. The summed E-state index contributed by atoms with van der Waals surface area (Å²) >= 11 is 1.89. The van der Waals surface area contributed by atoms with Crippen molar-refractivity contribution in [2.45, 2.75) is 19.5 Å². The van der Waals surface area contributed by atoms with Crippen molar-refractivity contribution in [2.24, 2.45) is 0 Å². The summed E-state index contributed by atoms with van der Waals surface area (Å²) in [5.41, 5.74) is 4.38. The van der Waals surface area contributed by atoms with E-state index in [1.807, 2.05) is 40.4 Å². The first kappa shape index (κ1) is 18.4. The number of hydrogen-bond acceptors (Lipinski definition) is 6. The minimum atomic E-state index is 0.245. The zero-order valence-electron chi connectivity index (χ0n) is 16.7. The van der Waals surface area contributed by atoms with Crippen molar-refractivity contribution in [2.75, 3.05) is 26.7 Å². The van der Waals surface area contributed by atoms with Crippen molar-refractivity contribution < 1.29 is 0 Å². The molecule has 1 aliphatic rings. The van der Waals surface area contributed by atoms with Crippen LogP contribution in [0.25, 0.3) is 16.6 Å². The van der Waals surface area contributed by atoms with Gasteiger partial charge in [0.05, 0.1) is 11.6 Å². The second-order valence-electron chi connectivity index (χ2n) is 7.70. The molecule has 0 bridgehead atoms. The van der Waals surface area contributed by atoms with E-state index in [0.29, 0.717) is 0 Å². The molecule has 1 aliphatic heterocycles. The Balaban J connectivity index is 1.41. The van der Waals surface area contributed by atoms with Gasteiger partial charge in [-0.2, -0.15) is 0 Å². The number of pyridine rings is 2. The highest BCUT2D eigenvalue weighted by Crippen LogP contribution is 2.29. The summed E-state index contributed by atoms with van der Waals surface area (Å²) in [4.78, 5) is 11.8. The lowest BCUT2D eigenvalue weighted by molar-refractivity contribution is 0.0896. The maximum atomic E-state index is 4.58. The van der Waals surface area contributed by atoms with Crippen molar-refractivity contribution >= 4 is 16.9 Å². The van der Waals surface area contributed by atoms with Crippen molar-refractivity contribution in [3.63, 3.8) is 0 Å². The number of rotatable bonds is 4. The molecule has 0 spiro atoms. The number of fused-ring (bicyclic) bond motifs is 1. The molecule has 5 heterocycles. The Morgan fingerprint density at radius 1 is 1.03 bits per heavy atom. The molecule has 4 aromatic rings. The average Bonchev–Trinajstić information content (AvgIpc) is 3.35. The first-order chi connectivity index (χ1) is 14.2. The van der Waals surface area contributed by atoms with Gasteiger partial charge in [-0.05, 0) is 49.9 Å². The molecule has 7 heteroatoms. The third-order valence-electron chi connectivity index (χ3n) is 5.68. The van der Waals surface area contributed by atoms with Gasteiger partial charge in [-0.25, -0.2) is 4.52 Å². The van der Waals surface area contributed by atoms with E-state index >= 15 is 0 Å². The zero-order valence-corrected chi connectivity index (χ0v) is 17.5. The van der Waals surface area contributed by atoms with Crippen LogP contribution >= 0.6 is 11.3 Å². The molecule has 5 rings (SSSR count). The van der Waals surface area contributed by atoms with Gasteiger partial charge in [0, 0.05) is 60.1 Å². The summed E-state index contributed by atoms with van der Waals surface area (Å²) in [7, 11) is 2.19. The van der Waals surface area contributed by atoms with E-state index in [0.717, 1.165) is 48.5 Å². The van der Waals surface area contributed by atoms with Gasteiger partial charge in [0.2, 0.25) is 0 Å². The normalized spacial score (nSPS) is 18.5. The van der Waals surface area contributed by atoms with Crippen molar-refractivity contribution in [3.05, 3.63) is 70.4 Å². The summed E-state index contributed by atoms with van der Waals surface area (Å²) in [6.45, 7) is 6.25. The van der Waals surface area contributed by atoms with Gasteiger partial charge < -0.3 is 0 Å². The fourth-order valence-corrected chi connectivity index (χ4v) is 4.96. The van der Waals surface area contributed by atoms with E-state index < -0.39 is 0 Å². The summed E-state index contributed by atoms with van der Waals surface area (Å²) in [6, 6.07) is 13.0. The fourth-order valence-electron chi connectivity index (χ4n) is 4.03. The second-order valence-corrected chi connectivity index (χ2v) is 9.07. The molecule has 0 N–H and O–H groups in total. The predicted molar refractivity (Wildman–Crippen MR) is 116 cm³/mol. The molecular weight excluding hydrogens is 380 g/mol. The van der Waals surface area contributed by atoms with Crippen LogP contribution in [0.3, 0.4) is 0 Å². The Bertz CT molecular complexity index is 1120. The average molecular weight is 405 g/mol. The molecule has 0 radical (unpaired) electrons. The van der Waals surface area contributed by atoms with Gasteiger partial charge in [-0.3, -0.25) is 14.8 Å². The minimum absolute atomic E-state index is 0.245. The van der Waals surface area contributed by atoms with E-state index in [4.69, 9.17) is 0 Å². The molecular formula is C22H24N6S. The summed E-state index contributed by atoms with van der Waals surface area (Å²) in [5.74, 6) is 0. The summed E-state index contributed by atoms with van der Waals surface area (Å²) < 4.78 is 1.90. The Labute approximate surface area is 174 Å². The van der Waals surface area contributed by atoms with Crippen LogP contribution in [-0.4, -0.2) is 56.3 Å². The highest BCUT2D eigenvalue weighted by atomic mass is 32.1. The number of hydrogen-bond donors (Lipinski definition) is 0. The molecule has 0 amide bonds. The largest absolute Gasteiger partial charge is 0.295 e. The van der Waals surface area contributed by atoms with E-state index in [-0.39, 0.29) is 6.04 Å². The number of piperazine rings is 1. The van der Waals surface area contributed by atoms with E-state index in [9.17, 15) is 0 Å². The molecule has 29 heavy (non-hydrogen) atoms. The van der Waals surface area contributed by atoms with Crippen LogP contribution in [0.15, 0.2) is 55.0 Å². The Morgan fingerprint density at radius 2 is 1.90 bits per heavy atom. The fraction of sp³-hybridized carbons (Fsp3) is 0.318. The maximum Gasteiger partial charge on any atom is 0.109 e. The molecule has 6 nitrogen and oxygen atoms in total. The standard InChI is InChI=1S/C22H24N6S/c1-16-3-5-19(29-16)14-27-12-11-26(2)21(15-27)22-20-6-4-18(13-28(20)25-24-22)17-7-9-23-10-8-17/h3-10,13,21H,11-12,14-15H2,1-2H3/t21-/m0/s1. The topological polar surface area (TPSA) is 49.6 Å². The predicted octanol–water partition coefficient (Wildman–Crippen LogP) is 3.65. The first-order valence-corrected chi connectivity index (χ1v) is 10.7. The zero-order chi connectivity index (χ0) is 19.8. The highest BCUT2D eigenvalue weighted by Gasteiger charge is 2.29. The third kappa shape index (κ3) is 3.69. The van der Waals surface area contributed by atoms with Gasteiger partial charge in [0.1, 0.15) is 5.69 Å². The lowest BCUT2D eigenvalue weighted by Gasteiger charge is -2.38. The lowest BCUT2D eigenvalue weighted by atomic mass is 10.1. The minimum Gasteiger partial charge on any atom is -0.295 e. The molecule has 1 atom stereocenters. The number of likely N-dealkylation sites (N-methyl/N-ethyl adjacent to an activating group) is 1. The van der Waals surface area contributed by atoms with Crippen LogP contribution in [0.5, 0.6) is 0 Å². The Hall–Kier alpha value is -2.61. The van der Waals surface area contributed by atoms with Gasteiger partial charge >= 0.3 is 0 Å². The summed E-state index contributed by atoms with van der Waals surface area (Å²) in [5, 5.41) is 9.02. The monoisotopic (exact) mass is 404 g/mol. The van der Waals surface area contributed by atoms with Crippen LogP contribution < -0.4 is 0 Å². The van der Waals surface area contributed by atoms with Crippen LogP contribution in [0, 0.1) is 6.92 Å². The highest BCUT2D eigenvalue weighted by molar-refractivity contribution is 7.11. The first-order valence-electron chi connectivity index (χ1n) is 9.90. The summed E-state index contributed by atoms with van der Waals surface area (Å²) in [6.07, 6.45) is 5.68. The molecule has 4 aromatic heterocycles. The molecule has 0 aromatic carbocycles. The van der Waals surface area contributed by atoms with E-state index in [2.05, 4.69) is 69.5 Å². The van der Waals surface area contributed by atoms with Gasteiger partial charge in [-0.15, -0.1) is 16.4 Å². The molecule has 1 fully saturated rings.